The maximum absolute atomic E-state index is 2.37. The Hall–Kier alpha value is 0.0729. The fraction of sp³-hybridized carbons (Fsp3) is 0.400. The second kappa shape index (κ2) is 27.6. The molecule has 0 heterocycles. The normalized spacial score (nSPS) is 9.82. The van der Waals surface area contributed by atoms with Crippen LogP contribution in [0.2, 0.25) is 0 Å². The van der Waals surface area contributed by atoms with Crippen molar-refractivity contribution >= 4 is 32.3 Å². The van der Waals surface area contributed by atoms with Crippen molar-refractivity contribution in [2.24, 2.45) is 0 Å². The van der Waals surface area contributed by atoms with Crippen LogP contribution in [0.25, 0.3) is 32.3 Å². The zero-order valence-electron chi connectivity index (χ0n) is 32.4. The Labute approximate surface area is 387 Å². The van der Waals surface area contributed by atoms with Gasteiger partial charge < -0.3 is 50.9 Å². The average molecular weight is 981 g/mol. The molecule has 6 rings (SSSR count). The van der Waals surface area contributed by atoms with Crippen LogP contribution in [0.3, 0.4) is 0 Å². The molecular weight excluding hydrogens is 924 g/mol. The second-order valence-corrected chi connectivity index (χ2v) is 12.2. The van der Waals surface area contributed by atoms with Gasteiger partial charge in [-0.2, -0.15) is 36.4 Å². The van der Waals surface area contributed by atoms with E-state index in [9.17, 15) is 0 Å². The van der Waals surface area contributed by atoms with Crippen molar-refractivity contribution in [3.05, 3.63) is 123 Å². The van der Waals surface area contributed by atoms with Crippen LogP contribution in [-0.2, 0) is 123 Å². The third-order valence-electron chi connectivity index (χ3n) is 10.0. The monoisotopic (exact) mass is 978 g/mol. The molecule has 0 nitrogen and oxygen atoms in total. The quantitative estimate of drug-likeness (QED) is 0.153. The summed E-state index contributed by atoms with van der Waals surface area (Å²) in [7, 11) is 0. The van der Waals surface area contributed by atoms with Crippen molar-refractivity contribution in [2.45, 2.75) is 120 Å². The van der Waals surface area contributed by atoms with Gasteiger partial charge in [-0.3, -0.25) is 0 Å². The number of aryl methyl sites for hydroxylation is 6. The van der Waals surface area contributed by atoms with Gasteiger partial charge in [0.05, 0.1) is 0 Å². The van der Waals surface area contributed by atoms with Crippen molar-refractivity contribution in [1.29, 1.82) is 0 Å². The third-order valence-corrected chi connectivity index (χ3v) is 10.0. The second-order valence-electron chi connectivity index (χ2n) is 12.2. The van der Waals surface area contributed by atoms with E-state index in [1.165, 1.54) is 49.0 Å². The van der Waals surface area contributed by atoms with Crippen LogP contribution in [0.5, 0.6) is 0 Å². The summed E-state index contributed by atoms with van der Waals surface area (Å²) in [6, 6.07) is 27.1. The first-order valence-corrected chi connectivity index (χ1v) is 18.0. The molecule has 0 aliphatic heterocycles. The first-order chi connectivity index (χ1) is 21.9. The minimum absolute atomic E-state index is 0. The molecule has 51 heavy (non-hydrogen) atoms. The smallest absolute Gasteiger partial charge is 1.00 e. The van der Waals surface area contributed by atoms with Crippen LogP contribution in [0.4, 0.5) is 0 Å². The Balaban J connectivity index is -0.000000640. The first kappa shape index (κ1) is 55.4. The standard InChI is InChI=1S/3C15H19.3BrH.3Ti/c3*1-4-11-10-12-8-7-9-15(12)14(6-3)13(11)5-2;;;;;;/h3*7-10H,4-6H2,1-3H3;3*1H;;;/q3*-1;;;;3*+2/p-3. The van der Waals surface area contributed by atoms with Gasteiger partial charge in [0.2, 0.25) is 0 Å². The SMILES string of the molecule is CCc1cc2[cH-]ccc2c(CC)c1CC.CCc1cc2[cH-]ccc2c(CC)c1CC.CCc1cc2[cH-]ccc2c(CC)c1CC.[Br-].[Br-].[Br-].[Ti+2].[Ti+2].[Ti+2]. The maximum Gasteiger partial charge on any atom is 2.00 e. The maximum atomic E-state index is 2.37. The van der Waals surface area contributed by atoms with Gasteiger partial charge in [-0.15, -0.1) is 68.7 Å². The van der Waals surface area contributed by atoms with Crippen LogP contribution in [0, 0.1) is 0 Å². The van der Waals surface area contributed by atoms with Crippen LogP contribution < -0.4 is 50.9 Å². The molecule has 0 aliphatic rings. The first-order valence-electron chi connectivity index (χ1n) is 18.0. The summed E-state index contributed by atoms with van der Waals surface area (Å²) in [6.45, 7) is 20.3. The van der Waals surface area contributed by atoms with Crippen LogP contribution in [0.1, 0.15) is 112 Å². The zero-order valence-corrected chi connectivity index (χ0v) is 41.9. The van der Waals surface area contributed by atoms with Crippen molar-refractivity contribution in [3.8, 4) is 0 Å². The Morgan fingerprint density at radius 1 is 0.333 bits per heavy atom. The Kier molecular flexibility index (Phi) is 30.0. The number of hydrogen-bond acceptors (Lipinski definition) is 0. The summed E-state index contributed by atoms with van der Waals surface area (Å²) < 4.78 is 0. The number of halogens is 3. The molecule has 0 bridgehead atoms. The molecule has 0 aliphatic carbocycles. The minimum atomic E-state index is 0. The van der Waals surface area contributed by atoms with Crippen molar-refractivity contribution in [3.63, 3.8) is 0 Å². The van der Waals surface area contributed by atoms with Gasteiger partial charge in [0.25, 0.3) is 0 Å². The number of hydrogen-bond donors (Lipinski definition) is 0. The molecule has 0 amide bonds. The molecule has 0 saturated carbocycles. The van der Waals surface area contributed by atoms with E-state index in [2.05, 4.69) is 135 Å². The van der Waals surface area contributed by atoms with E-state index in [0.717, 1.165) is 57.8 Å². The minimum Gasteiger partial charge on any atom is -1.00 e. The van der Waals surface area contributed by atoms with Crippen LogP contribution in [-0.4, -0.2) is 0 Å². The van der Waals surface area contributed by atoms with Gasteiger partial charge in [-0.25, -0.2) is 0 Å². The van der Waals surface area contributed by atoms with Crippen molar-refractivity contribution in [1.82, 2.24) is 0 Å². The molecule has 0 N–H and O–H groups in total. The van der Waals surface area contributed by atoms with E-state index in [1.54, 1.807) is 33.4 Å². The molecule has 0 unspecified atom stereocenters. The average Bonchev–Trinajstić information content (AvgIpc) is 3.86. The van der Waals surface area contributed by atoms with E-state index < -0.39 is 0 Å². The van der Waals surface area contributed by atoms with E-state index in [-0.39, 0.29) is 116 Å². The van der Waals surface area contributed by atoms with E-state index in [4.69, 9.17) is 0 Å². The number of benzene rings is 3. The van der Waals surface area contributed by atoms with E-state index >= 15 is 0 Å². The molecule has 0 atom stereocenters. The Morgan fingerprint density at radius 3 is 0.725 bits per heavy atom. The van der Waals surface area contributed by atoms with Gasteiger partial charge in [-0.05, 0) is 57.8 Å². The number of fused-ring (bicyclic) bond motifs is 3. The molecule has 0 radical (unpaired) electrons. The summed E-state index contributed by atoms with van der Waals surface area (Å²) in [6.07, 6.45) is 10.4. The fourth-order valence-corrected chi connectivity index (χ4v) is 7.88. The molecule has 0 saturated heterocycles. The Bertz CT molecular complexity index is 1630. The number of rotatable bonds is 9. The summed E-state index contributed by atoms with van der Waals surface area (Å²) >= 11 is 0. The summed E-state index contributed by atoms with van der Waals surface area (Å²) in [5.41, 5.74) is 14.1. The fourth-order valence-electron chi connectivity index (χ4n) is 7.88. The molecule has 0 fully saturated rings. The Morgan fingerprint density at radius 2 is 0.549 bits per heavy atom. The molecule has 0 spiro atoms. The van der Waals surface area contributed by atoms with E-state index in [1.807, 2.05) is 0 Å². The molecule has 6 aromatic rings. The predicted molar refractivity (Wildman–Crippen MR) is 203 cm³/mol. The molecule has 6 heteroatoms. The molecular formula is C45H57Br3Ti3. The summed E-state index contributed by atoms with van der Waals surface area (Å²) in [5, 5.41) is 8.65. The van der Waals surface area contributed by atoms with Crippen molar-refractivity contribution in [2.75, 3.05) is 0 Å². The van der Waals surface area contributed by atoms with Gasteiger partial charge in [0.1, 0.15) is 0 Å². The van der Waals surface area contributed by atoms with Crippen LogP contribution in [0.15, 0.2) is 72.8 Å². The van der Waals surface area contributed by atoms with Gasteiger partial charge in [0.15, 0.2) is 0 Å². The molecule has 0 aromatic heterocycles. The van der Waals surface area contributed by atoms with Crippen molar-refractivity contribution < 1.29 is 116 Å². The summed E-state index contributed by atoms with van der Waals surface area (Å²) in [5.74, 6) is 0. The van der Waals surface area contributed by atoms with Gasteiger partial charge in [0, 0.05) is 0 Å². The topological polar surface area (TPSA) is 0 Å². The third kappa shape index (κ3) is 12.5. The molecule has 6 aromatic carbocycles. The van der Waals surface area contributed by atoms with E-state index in [0.29, 0.717) is 0 Å². The zero-order chi connectivity index (χ0) is 32.5. The van der Waals surface area contributed by atoms with Gasteiger partial charge >= 0.3 is 65.2 Å². The molecule has 270 valence electrons. The predicted octanol–water partition coefficient (Wildman–Crippen LogP) is 3.74. The largest absolute Gasteiger partial charge is 2.00 e. The van der Waals surface area contributed by atoms with Crippen LogP contribution >= 0.6 is 0 Å². The summed E-state index contributed by atoms with van der Waals surface area (Å²) in [4.78, 5) is 0. The van der Waals surface area contributed by atoms with Gasteiger partial charge in [-0.1, -0.05) is 112 Å².